The molecule has 8 nitrogen and oxygen atoms in total. The van der Waals surface area contributed by atoms with E-state index in [9.17, 15) is 0 Å². The first-order valence-corrected chi connectivity index (χ1v) is 12.9. The van der Waals surface area contributed by atoms with E-state index in [0.29, 0.717) is 6.04 Å². The minimum atomic E-state index is 0.0130. The largest absolute Gasteiger partial charge is 0.497 e. The van der Waals surface area contributed by atoms with Gasteiger partial charge in [-0.15, -0.1) is 5.10 Å². The molecule has 0 bridgehead atoms. The van der Waals surface area contributed by atoms with Crippen LogP contribution in [0.5, 0.6) is 5.75 Å². The predicted molar refractivity (Wildman–Crippen MR) is 134 cm³/mol. The van der Waals surface area contributed by atoms with Gasteiger partial charge in [0.25, 0.3) is 0 Å². The Hall–Kier alpha value is -3.04. The molecular weight excluding hydrogens is 446 g/mol. The molecule has 4 aromatic rings. The fourth-order valence-corrected chi connectivity index (χ4v) is 6.28. The van der Waals surface area contributed by atoms with Crippen LogP contribution in [0, 0.1) is 0 Å². The number of tetrazole rings is 1. The van der Waals surface area contributed by atoms with Gasteiger partial charge in [-0.2, -0.15) is 0 Å². The van der Waals surface area contributed by atoms with Gasteiger partial charge < -0.3 is 9.64 Å². The summed E-state index contributed by atoms with van der Waals surface area (Å²) in [5.74, 6) is 1.81. The Morgan fingerprint density at radius 3 is 2.47 bits per heavy atom. The van der Waals surface area contributed by atoms with Gasteiger partial charge >= 0.3 is 0 Å². The predicted octanol–water partition coefficient (Wildman–Crippen LogP) is 4.32. The molecule has 1 saturated carbocycles. The van der Waals surface area contributed by atoms with Gasteiger partial charge in [0.2, 0.25) is 0 Å². The Labute approximate surface area is 203 Å². The molecular formula is C25H29N7OS. The van der Waals surface area contributed by atoms with Crippen molar-refractivity contribution >= 4 is 26.7 Å². The molecule has 9 heteroatoms. The first-order valence-electron chi connectivity index (χ1n) is 12.1. The maximum absolute atomic E-state index is 5.41. The van der Waals surface area contributed by atoms with E-state index >= 15 is 0 Å². The molecule has 1 aliphatic heterocycles. The fraction of sp³-hybridized carbons (Fsp3) is 0.440. The minimum absolute atomic E-state index is 0.0130. The number of hydrogen-bond donors (Lipinski definition) is 0. The summed E-state index contributed by atoms with van der Waals surface area (Å²) >= 11 is 1.78. The standard InChI is InChI=1S/C25H29N7OS/c1-33-20-12-10-18(11-13-20)23(24-27-28-29-32(24)19-6-2-3-7-19)30-14-16-31(17-15-30)25-26-21-8-4-5-9-22(21)34-25/h4-5,8-13,19,23H,2-3,6-7,14-17H2,1H3/t23-/m0/s1. The van der Waals surface area contributed by atoms with E-state index in [4.69, 9.17) is 9.72 Å². The number of ether oxygens (including phenoxy) is 1. The Morgan fingerprint density at radius 2 is 1.74 bits per heavy atom. The van der Waals surface area contributed by atoms with Crippen molar-refractivity contribution in [3.05, 3.63) is 59.9 Å². The van der Waals surface area contributed by atoms with Crippen LogP contribution in [-0.4, -0.2) is 63.4 Å². The van der Waals surface area contributed by atoms with Crippen molar-refractivity contribution in [2.24, 2.45) is 0 Å². The normalized spacial score (nSPS) is 18.6. The van der Waals surface area contributed by atoms with Crippen LogP contribution < -0.4 is 9.64 Å². The maximum atomic E-state index is 5.41. The number of nitrogens with zero attached hydrogens (tertiary/aromatic N) is 7. The van der Waals surface area contributed by atoms with Crippen LogP contribution in [0.15, 0.2) is 48.5 Å². The highest BCUT2D eigenvalue weighted by Crippen LogP contribution is 2.36. The first kappa shape index (κ1) is 21.5. The quantitative estimate of drug-likeness (QED) is 0.411. The molecule has 0 radical (unpaired) electrons. The monoisotopic (exact) mass is 475 g/mol. The van der Waals surface area contributed by atoms with Crippen molar-refractivity contribution < 1.29 is 4.74 Å². The van der Waals surface area contributed by atoms with E-state index in [1.165, 1.54) is 23.1 Å². The molecule has 0 unspecified atom stereocenters. The Bertz CT molecular complexity index is 1210. The third-order valence-corrected chi connectivity index (χ3v) is 8.19. The van der Waals surface area contributed by atoms with E-state index in [2.05, 4.69) is 66.4 Å². The second-order valence-corrected chi connectivity index (χ2v) is 10.1. The van der Waals surface area contributed by atoms with Crippen molar-refractivity contribution in [1.29, 1.82) is 0 Å². The van der Waals surface area contributed by atoms with Gasteiger partial charge in [-0.1, -0.05) is 48.4 Å². The molecule has 0 spiro atoms. The van der Waals surface area contributed by atoms with Crippen molar-refractivity contribution in [2.75, 3.05) is 38.2 Å². The fourth-order valence-electron chi connectivity index (χ4n) is 5.27. The van der Waals surface area contributed by atoms with E-state index in [0.717, 1.165) is 61.2 Å². The SMILES string of the molecule is COc1ccc([C@@H](c2nnnn2C2CCCC2)N2CCN(c3nc4ccccc4s3)CC2)cc1. The highest BCUT2D eigenvalue weighted by atomic mass is 32.1. The molecule has 3 heterocycles. The second kappa shape index (κ2) is 9.31. The highest BCUT2D eigenvalue weighted by Gasteiger charge is 2.33. The summed E-state index contributed by atoms with van der Waals surface area (Å²) in [6.07, 6.45) is 4.80. The van der Waals surface area contributed by atoms with Crippen LogP contribution in [0.25, 0.3) is 10.2 Å². The van der Waals surface area contributed by atoms with Crippen molar-refractivity contribution in [2.45, 2.75) is 37.8 Å². The lowest BCUT2D eigenvalue weighted by atomic mass is 10.0. The van der Waals surface area contributed by atoms with Gasteiger partial charge in [-0.3, -0.25) is 4.90 Å². The lowest BCUT2D eigenvalue weighted by molar-refractivity contribution is 0.197. The number of hydrogen-bond acceptors (Lipinski definition) is 8. The number of para-hydroxylation sites is 1. The zero-order chi connectivity index (χ0) is 22.9. The average Bonchev–Trinajstić information content (AvgIpc) is 3.65. The molecule has 1 saturated heterocycles. The summed E-state index contributed by atoms with van der Waals surface area (Å²) < 4.78 is 8.75. The second-order valence-electron chi connectivity index (χ2n) is 9.08. The highest BCUT2D eigenvalue weighted by molar-refractivity contribution is 7.22. The number of piperazine rings is 1. The number of aromatic nitrogens is 5. The van der Waals surface area contributed by atoms with Gasteiger partial charge in [0.15, 0.2) is 11.0 Å². The topological polar surface area (TPSA) is 72.2 Å². The molecule has 2 aromatic heterocycles. The average molecular weight is 476 g/mol. The smallest absolute Gasteiger partial charge is 0.186 e. The van der Waals surface area contributed by atoms with Gasteiger partial charge in [0, 0.05) is 26.2 Å². The van der Waals surface area contributed by atoms with Crippen LogP contribution in [0.3, 0.4) is 0 Å². The molecule has 34 heavy (non-hydrogen) atoms. The van der Waals surface area contributed by atoms with Gasteiger partial charge in [-0.25, -0.2) is 9.67 Å². The van der Waals surface area contributed by atoms with Crippen LogP contribution in [-0.2, 0) is 0 Å². The molecule has 1 aliphatic carbocycles. The Kier molecular flexibility index (Phi) is 5.88. The lowest BCUT2D eigenvalue weighted by Gasteiger charge is -2.39. The number of benzene rings is 2. The van der Waals surface area contributed by atoms with Gasteiger partial charge in [-0.05, 0) is 53.1 Å². The number of rotatable bonds is 6. The molecule has 1 atom stereocenters. The van der Waals surface area contributed by atoms with Crippen LogP contribution in [0.1, 0.15) is 49.2 Å². The summed E-state index contributed by atoms with van der Waals surface area (Å²) in [6.45, 7) is 3.70. The molecule has 176 valence electrons. The number of thiazole rings is 1. The first-order chi connectivity index (χ1) is 16.8. The van der Waals surface area contributed by atoms with E-state index in [1.807, 2.05) is 12.1 Å². The van der Waals surface area contributed by atoms with E-state index in [-0.39, 0.29) is 6.04 Å². The Morgan fingerprint density at radius 1 is 0.971 bits per heavy atom. The van der Waals surface area contributed by atoms with Crippen molar-refractivity contribution in [3.63, 3.8) is 0 Å². The summed E-state index contributed by atoms with van der Waals surface area (Å²) in [5.41, 5.74) is 2.28. The third-order valence-electron chi connectivity index (χ3n) is 7.10. The van der Waals surface area contributed by atoms with Gasteiger partial charge in [0.05, 0.1) is 29.4 Å². The lowest BCUT2D eigenvalue weighted by Crippen LogP contribution is -2.48. The van der Waals surface area contributed by atoms with Crippen molar-refractivity contribution in [1.82, 2.24) is 30.1 Å². The zero-order valence-corrected chi connectivity index (χ0v) is 20.2. The van der Waals surface area contributed by atoms with Crippen LogP contribution in [0.4, 0.5) is 5.13 Å². The molecule has 2 aromatic carbocycles. The number of anilines is 1. The third kappa shape index (κ3) is 4.03. The minimum Gasteiger partial charge on any atom is -0.497 e. The van der Waals surface area contributed by atoms with E-state index < -0.39 is 0 Å². The molecule has 2 aliphatic rings. The van der Waals surface area contributed by atoms with E-state index in [1.54, 1.807) is 18.4 Å². The Balaban J connectivity index is 1.28. The summed E-state index contributed by atoms with van der Waals surface area (Å²) in [4.78, 5) is 9.80. The maximum Gasteiger partial charge on any atom is 0.186 e. The van der Waals surface area contributed by atoms with Gasteiger partial charge in [0.1, 0.15) is 5.75 Å². The number of fused-ring (bicyclic) bond motifs is 1. The van der Waals surface area contributed by atoms with Crippen LogP contribution >= 0.6 is 11.3 Å². The summed E-state index contributed by atoms with van der Waals surface area (Å²) in [6, 6.07) is 17.1. The molecule has 0 amide bonds. The molecule has 6 rings (SSSR count). The number of methoxy groups -OCH3 is 1. The zero-order valence-electron chi connectivity index (χ0n) is 19.4. The molecule has 0 N–H and O–H groups in total. The van der Waals surface area contributed by atoms with Crippen LogP contribution in [0.2, 0.25) is 0 Å². The van der Waals surface area contributed by atoms with Crippen molar-refractivity contribution in [3.8, 4) is 5.75 Å². The summed E-state index contributed by atoms with van der Waals surface area (Å²) in [7, 11) is 1.70. The summed E-state index contributed by atoms with van der Waals surface area (Å²) in [5, 5.41) is 14.2. The molecule has 2 fully saturated rings.